The van der Waals surface area contributed by atoms with Gasteiger partial charge < -0.3 is 9.30 Å². The first-order valence-electron chi connectivity index (χ1n) is 12.0. The topological polar surface area (TPSA) is 80.6 Å². The van der Waals surface area contributed by atoms with Crippen LogP contribution in [0.3, 0.4) is 0 Å². The number of amides is 2. The second kappa shape index (κ2) is 10.1. The minimum atomic E-state index is -0.539. The summed E-state index contributed by atoms with van der Waals surface area (Å²) in [4.78, 5) is 39.9. The zero-order chi connectivity index (χ0) is 27.0. The van der Waals surface area contributed by atoms with E-state index in [1.54, 1.807) is 18.2 Å². The lowest BCUT2D eigenvalue weighted by atomic mass is 10.1. The van der Waals surface area contributed by atoms with Gasteiger partial charge in [0.05, 0.1) is 18.4 Å². The number of methoxy groups -OCH3 is 1. The van der Waals surface area contributed by atoms with Gasteiger partial charge in [0.25, 0.3) is 11.8 Å². The normalized spacial score (nSPS) is 14.8. The first-order chi connectivity index (χ1) is 18.2. The van der Waals surface area contributed by atoms with E-state index in [1.807, 2.05) is 79.2 Å². The molecule has 1 aromatic heterocycles. The van der Waals surface area contributed by atoms with Crippen molar-refractivity contribution in [3.8, 4) is 0 Å². The predicted molar refractivity (Wildman–Crippen MR) is 151 cm³/mol. The van der Waals surface area contributed by atoms with Crippen LogP contribution in [0.2, 0.25) is 0 Å². The highest BCUT2D eigenvalue weighted by Crippen LogP contribution is 2.28. The third-order valence-electron chi connectivity index (χ3n) is 6.39. The SMILES string of the molecule is COC(=O)c1cccc(Cn2cc(/C=C3\C(=O)NC(=S)N(c4cc(C)cc(C)c4)C3=O)c3ccccc32)c1. The molecule has 0 bridgehead atoms. The second-order valence-electron chi connectivity index (χ2n) is 9.23. The quantitative estimate of drug-likeness (QED) is 0.174. The minimum absolute atomic E-state index is 0.00616. The number of benzene rings is 3. The highest BCUT2D eigenvalue weighted by Gasteiger charge is 2.35. The molecule has 0 spiro atoms. The zero-order valence-corrected chi connectivity index (χ0v) is 22.0. The van der Waals surface area contributed by atoms with Crippen molar-refractivity contribution < 1.29 is 19.1 Å². The summed E-state index contributed by atoms with van der Waals surface area (Å²) in [6.45, 7) is 4.37. The number of carbonyl (C=O) groups is 3. The van der Waals surface area contributed by atoms with Gasteiger partial charge in [0, 0.05) is 29.2 Å². The molecular weight excluding hydrogens is 498 g/mol. The third-order valence-corrected chi connectivity index (χ3v) is 6.67. The summed E-state index contributed by atoms with van der Waals surface area (Å²) in [5, 5.41) is 3.60. The van der Waals surface area contributed by atoms with E-state index < -0.39 is 17.8 Å². The van der Waals surface area contributed by atoms with Gasteiger partial charge >= 0.3 is 5.97 Å². The molecule has 8 heteroatoms. The lowest BCUT2D eigenvalue weighted by molar-refractivity contribution is -0.122. The van der Waals surface area contributed by atoms with E-state index in [1.165, 1.54) is 12.0 Å². The zero-order valence-electron chi connectivity index (χ0n) is 21.1. The summed E-state index contributed by atoms with van der Waals surface area (Å²) in [5.41, 5.74) is 5.59. The lowest BCUT2D eigenvalue weighted by Gasteiger charge is -2.29. The number of thiocarbonyl (C=S) groups is 1. The number of nitrogens with one attached hydrogen (secondary N) is 1. The van der Waals surface area contributed by atoms with Crippen molar-refractivity contribution in [2.24, 2.45) is 0 Å². The average Bonchev–Trinajstić information content (AvgIpc) is 3.22. The molecule has 190 valence electrons. The van der Waals surface area contributed by atoms with Crippen molar-refractivity contribution in [2.75, 3.05) is 12.0 Å². The number of rotatable bonds is 5. The molecule has 38 heavy (non-hydrogen) atoms. The highest BCUT2D eigenvalue weighted by atomic mass is 32.1. The molecule has 7 nitrogen and oxygen atoms in total. The molecule has 5 rings (SSSR count). The summed E-state index contributed by atoms with van der Waals surface area (Å²) in [5.74, 6) is -1.42. The summed E-state index contributed by atoms with van der Waals surface area (Å²) in [6.07, 6.45) is 3.51. The van der Waals surface area contributed by atoms with Gasteiger partial charge in [0.2, 0.25) is 0 Å². The number of ether oxygens (including phenoxy) is 1. The number of hydrogen-bond acceptors (Lipinski definition) is 5. The summed E-state index contributed by atoms with van der Waals surface area (Å²) in [7, 11) is 1.35. The van der Waals surface area contributed by atoms with E-state index in [2.05, 4.69) is 5.32 Å². The van der Waals surface area contributed by atoms with Crippen molar-refractivity contribution >= 4 is 57.8 Å². The van der Waals surface area contributed by atoms with Gasteiger partial charge in [-0.1, -0.05) is 36.4 Å². The van der Waals surface area contributed by atoms with E-state index in [9.17, 15) is 14.4 Å². The van der Waals surface area contributed by atoms with Crippen LogP contribution in [0.4, 0.5) is 5.69 Å². The summed E-state index contributed by atoms with van der Waals surface area (Å²) >= 11 is 5.37. The van der Waals surface area contributed by atoms with Crippen LogP contribution >= 0.6 is 12.2 Å². The maximum Gasteiger partial charge on any atom is 0.337 e. The summed E-state index contributed by atoms with van der Waals surface area (Å²) in [6, 6.07) is 20.7. The predicted octanol–water partition coefficient (Wildman–Crippen LogP) is 4.92. The van der Waals surface area contributed by atoms with Crippen LogP contribution in [0.1, 0.15) is 32.6 Å². The Labute approximate surface area is 225 Å². The molecule has 1 aliphatic heterocycles. The van der Waals surface area contributed by atoms with Crippen LogP contribution in [0.25, 0.3) is 17.0 Å². The highest BCUT2D eigenvalue weighted by molar-refractivity contribution is 7.80. The molecule has 1 saturated heterocycles. The van der Waals surface area contributed by atoms with Crippen molar-refractivity contribution in [3.05, 3.63) is 106 Å². The average molecular weight is 524 g/mol. The Morgan fingerprint density at radius 1 is 1.00 bits per heavy atom. The Morgan fingerprint density at radius 3 is 2.47 bits per heavy atom. The van der Waals surface area contributed by atoms with Gasteiger partial charge in [-0.25, -0.2) is 4.79 Å². The van der Waals surface area contributed by atoms with E-state index in [-0.39, 0.29) is 10.7 Å². The molecule has 0 radical (unpaired) electrons. The largest absolute Gasteiger partial charge is 0.465 e. The Hall–Kier alpha value is -4.56. The first-order valence-corrected chi connectivity index (χ1v) is 12.4. The molecule has 2 heterocycles. The second-order valence-corrected chi connectivity index (χ2v) is 9.61. The van der Waals surface area contributed by atoms with Gasteiger partial charge in [0.1, 0.15) is 5.57 Å². The Balaban J connectivity index is 1.55. The molecule has 0 saturated carbocycles. The number of anilines is 1. The van der Waals surface area contributed by atoms with E-state index >= 15 is 0 Å². The number of nitrogens with zero attached hydrogens (tertiary/aromatic N) is 2. The minimum Gasteiger partial charge on any atom is -0.465 e. The van der Waals surface area contributed by atoms with Crippen LogP contribution in [0.15, 0.2) is 78.5 Å². The number of hydrogen-bond donors (Lipinski definition) is 1. The van der Waals surface area contributed by atoms with Crippen LogP contribution in [-0.4, -0.2) is 34.6 Å². The van der Waals surface area contributed by atoms with Gasteiger partial charge in [0.15, 0.2) is 5.11 Å². The maximum atomic E-state index is 13.6. The van der Waals surface area contributed by atoms with Crippen molar-refractivity contribution in [1.29, 1.82) is 0 Å². The first kappa shape index (κ1) is 25.1. The number of para-hydroxylation sites is 1. The molecule has 0 aliphatic carbocycles. The molecule has 2 amide bonds. The molecule has 0 atom stereocenters. The molecule has 0 unspecified atom stereocenters. The van der Waals surface area contributed by atoms with Crippen LogP contribution < -0.4 is 10.2 Å². The molecule has 3 aromatic carbocycles. The smallest absolute Gasteiger partial charge is 0.337 e. The fraction of sp³-hybridized carbons (Fsp3) is 0.133. The van der Waals surface area contributed by atoms with Crippen molar-refractivity contribution in [2.45, 2.75) is 20.4 Å². The van der Waals surface area contributed by atoms with Gasteiger partial charge in [-0.3, -0.25) is 19.8 Å². The molecule has 4 aromatic rings. The Kier molecular flexibility index (Phi) is 6.65. The molecule has 1 N–H and O–H groups in total. The van der Waals surface area contributed by atoms with E-state index in [4.69, 9.17) is 17.0 Å². The van der Waals surface area contributed by atoms with E-state index in [0.29, 0.717) is 17.8 Å². The lowest BCUT2D eigenvalue weighted by Crippen LogP contribution is -2.54. The molecule has 1 fully saturated rings. The van der Waals surface area contributed by atoms with Crippen LogP contribution in [0.5, 0.6) is 0 Å². The van der Waals surface area contributed by atoms with Gasteiger partial charge in [-0.2, -0.15) is 0 Å². The van der Waals surface area contributed by atoms with Gasteiger partial charge in [-0.05, 0) is 79.2 Å². The van der Waals surface area contributed by atoms with E-state index in [0.717, 1.165) is 33.2 Å². The summed E-state index contributed by atoms with van der Waals surface area (Å²) < 4.78 is 6.87. The fourth-order valence-corrected chi connectivity index (χ4v) is 5.04. The van der Waals surface area contributed by atoms with Crippen LogP contribution in [-0.2, 0) is 20.9 Å². The van der Waals surface area contributed by atoms with Crippen molar-refractivity contribution in [3.63, 3.8) is 0 Å². The third kappa shape index (κ3) is 4.73. The van der Waals surface area contributed by atoms with Crippen molar-refractivity contribution in [1.82, 2.24) is 9.88 Å². The standard InChI is InChI=1S/C30H25N3O4S/c1-18-11-19(2)13-23(12-18)33-28(35)25(27(34)31-30(33)38)15-22-17-32(26-10-5-4-9-24(22)26)16-20-7-6-8-21(14-20)29(36)37-3/h4-15,17H,16H2,1-3H3,(H,31,34,38)/b25-15+. The number of esters is 1. The molecular formula is C30H25N3O4S. The molecule has 1 aliphatic rings. The maximum absolute atomic E-state index is 13.6. The number of aryl methyl sites for hydroxylation is 2. The number of carbonyl (C=O) groups excluding carboxylic acids is 3. The number of fused-ring (bicyclic) bond motifs is 1. The monoisotopic (exact) mass is 523 g/mol. The number of aromatic nitrogens is 1. The van der Waals surface area contributed by atoms with Gasteiger partial charge in [-0.15, -0.1) is 0 Å². The fourth-order valence-electron chi connectivity index (χ4n) is 4.76. The van der Waals surface area contributed by atoms with Crippen LogP contribution in [0, 0.1) is 13.8 Å². The Bertz CT molecular complexity index is 1650. The Morgan fingerprint density at radius 2 is 1.74 bits per heavy atom.